The van der Waals surface area contributed by atoms with Crippen molar-refractivity contribution in [3.05, 3.63) is 0 Å². The first-order valence-electron chi connectivity index (χ1n) is 6.21. The normalized spacial score (nSPS) is 35.3. The van der Waals surface area contributed by atoms with E-state index in [2.05, 4.69) is 18.9 Å². The quantitative estimate of drug-likeness (QED) is 0.759. The number of rotatable bonds is 2. The minimum absolute atomic E-state index is 0.0131. The van der Waals surface area contributed by atoms with Crippen molar-refractivity contribution in [3.63, 3.8) is 0 Å². The second-order valence-electron chi connectivity index (χ2n) is 5.29. The number of amides is 1. The Hall–Kier alpha value is -1.10. The highest BCUT2D eigenvalue weighted by Gasteiger charge is 2.39. The van der Waals surface area contributed by atoms with Gasteiger partial charge in [-0.3, -0.25) is 9.59 Å². The summed E-state index contributed by atoms with van der Waals surface area (Å²) in [5, 5.41) is 8.95. The Morgan fingerprint density at radius 2 is 2.18 bits per heavy atom. The Morgan fingerprint density at radius 3 is 2.71 bits per heavy atom. The first-order valence-corrected chi connectivity index (χ1v) is 6.21. The molecule has 0 aromatic heterocycles. The molecule has 0 bridgehead atoms. The third kappa shape index (κ3) is 2.44. The van der Waals surface area contributed by atoms with Gasteiger partial charge in [0.25, 0.3) is 0 Å². The lowest BCUT2D eigenvalue weighted by atomic mass is 9.97. The van der Waals surface area contributed by atoms with Crippen LogP contribution in [0.4, 0.5) is 0 Å². The van der Waals surface area contributed by atoms with Crippen molar-refractivity contribution in [1.82, 2.24) is 9.80 Å². The molecular weight excluding hydrogens is 220 g/mol. The third-order valence-corrected chi connectivity index (χ3v) is 4.13. The fourth-order valence-corrected chi connectivity index (χ4v) is 2.80. The molecule has 1 N–H and O–H groups in total. The number of likely N-dealkylation sites (tertiary alicyclic amines) is 2. The number of carbonyl (C=O) groups is 2. The van der Waals surface area contributed by atoms with E-state index < -0.39 is 11.9 Å². The lowest BCUT2D eigenvalue weighted by Gasteiger charge is -2.39. The summed E-state index contributed by atoms with van der Waals surface area (Å²) in [6.07, 6.45) is 2.09. The molecule has 2 saturated heterocycles. The van der Waals surface area contributed by atoms with Gasteiger partial charge in [0.1, 0.15) is 0 Å². The molecule has 5 nitrogen and oxygen atoms in total. The second-order valence-corrected chi connectivity index (χ2v) is 5.29. The molecule has 2 aliphatic rings. The summed E-state index contributed by atoms with van der Waals surface area (Å²) >= 11 is 0. The fourth-order valence-electron chi connectivity index (χ4n) is 2.80. The lowest BCUT2D eigenvalue weighted by molar-refractivity contribution is -0.141. The molecule has 0 aromatic carbocycles. The van der Waals surface area contributed by atoms with Crippen LogP contribution in [0.5, 0.6) is 0 Å². The number of carbonyl (C=O) groups excluding carboxylic acids is 1. The predicted octanol–water partition coefficient (Wildman–Crippen LogP) is 0.402. The maximum absolute atomic E-state index is 11.8. The maximum atomic E-state index is 11.8. The summed E-state index contributed by atoms with van der Waals surface area (Å²) in [4.78, 5) is 26.8. The molecule has 0 spiro atoms. The van der Waals surface area contributed by atoms with E-state index in [1.807, 2.05) is 0 Å². The van der Waals surface area contributed by atoms with Crippen molar-refractivity contribution < 1.29 is 14.7 Å². The van der Waals surface area contributed by atoms with Gasteiger partial charge in [-0.05, 0) is 26.8 Å². The minimum atomic E-state index is -0.846. The first-order chi connectivity index (χ1) is 7.99. The molecular formula is C12H20N2O3. The van der Waals surface area contributed by atoms with Gasteiger partial charge in [-0.15, -0.1) is 0 Å². The smallest absolute Gasteiger partial charge is 0.308 e. The summed E-state index contributed by atoms with van der Waals surface area (Å²) in [5.74, 6) is -1.33. The number of hydrogen-bond acceptors (Lipinski definition) is 3. The number of hydrogen-bond donors (Lipinski definition) is 1. The topological polar surface area (TPSA) is 60.9 Å². The lowest BCUT2D eigenvalue weighted by Crippen LogP contribution is -2.48. The molecule has 0 radical (unpaired) electrons. The molecule has 3 unspecified atom stereocenters. The summed E-state index contributed by atoms with van der Waals surface area (Å²) in [5.41, 5.74) is 0. The van der Waals surface area contributed by atoms with Gasteiger partial charge >= 0.3 is 5.97 Å². The van der Waals surface area contributed by atoms with Crippen LogP contribution in [0.25, 0.3) is 0 Å². The highest BCUT2D eigenvalue weighted by atomic mass is 16.4. The fraction of sp³-hybridized carbons (Fsp3) is 0.833. The van der Waals surface area contributed by atoms with E-state index in [0.717, 1.165) is 19.4 Å². The zero-order valence-corrected chi connectivity index (χ0v) is 10.4. The van der Waals surface area contributed by atoms with Crippen LogP contribution >= 0.6 is 0 Å². The van der Waals surface area contributed by atoms with E-state index in [0.29, 0.717) is 12.6 Å². The Labute approximate surface area is 101 Å². The van der Waals surface area contributed by atoms with Crippen LogP contribution in [0.2, 0.25) is 0 Å². The van der Waals surface area contributed by atoms with Crippen molar-refractivity contribution >= 4 is 11.9 Å². The van der Waals surface area contributed by atoms with Gasteiger partial charge in [-0.25, -0.2) is 0 Å². The van der Waals surface area contributed by atoms with E-state index in [-0.39, 0.29) is 18.4 Å². The molecule has 5 heteroatoms. The Balaban J connectivity index is 1.99. The largest absolute Gasteiger partial charge is 0.481 e. The first kappa shape index (κ1) is 12.4. The Bertz CT molecular complexity index is 332. The average molecular weight is 240 g/mol. The summed E-state index contributed by atoms with van der Waals surface area (Å²) in [7, 11) is 2.09. The molecule has 17 heavy (non-hydrogen) atoms. The van der Waals surface area contributed by atoms with Crippen molar-refractivity contribution in [2.75, 3.05) is 20.1 Å². The molecule has 0 aromatic rings. The molecule has 0 aliphatic carbocycles. The SMILES string of the molecule is CC1CC(N2CC(C(=O)O)CC2=O)CCN1C. The summed E-state index contributed by atoms with van der Waals surface area (Å²) in [6.45, 7) is 3.53. The number of carboxylic acids is 1. The number of carboxylic acid groups (broad SMARTS) is 1. The third-order valence-electron chi connectivity index (χ3n) is 4.13. The van der Waals surface area contributed by atoms with Crippen molar-refractivity contribution in [3.8, 4) is 0 Å². The molecule has 2 rings (SSSR count). The van der Waals surface area contributed by atoms with E-state index in [9.17, 15) is 9.59 Å². The highest BCUT2D eigenvalue weighted by Crippen LogP contribution is 2.27. The predicted molar refractivity (Wildman–Crippen MR) is 62.6 cm³/mol. The van der Waals surface area contributed by atoms with Gasteiger partial charge in [0.15, 0.2) is 0 Å². The summed E-state index contributed by atoms with van der Waals surface area (Å²) < 4.78 is 0. The van der Waals surface area contributed by atoms with Gasteiger partial charge in [0, 0.05) is 31.6 Å². The number of nitrogens with zero attached hydrogens (tertiary/aromatic N) is 2. The van der Waals surface area contributed by atoms with Crippen LogP contribution in [-0.2, 0) is 9.59 Å². The van der Waals surface area contributed by atoms with Crippen LogP contribution in [0.15, 0.2) is 0 Å². The Kier molecular flexibility index (Phi) is 3.38. The average Bonchev–Trinajstić information content (AvgIpc) is 2.65. The molecule has 0 saturated carbocycles. The summed E-state index contributed by atoms with van der Waals surface area (Å²) in [6, 6.07) is 0.698. The number of piperidine rings is 1. The van der Waals surface area contributed by atoms with E-state index in [4.69, 9.17) is 5.11 Å². The molecule has 1 amide bonds. The minimum Gasteiger partial charge on any atom is -0.481 e. The van der Waals surface area contributed by atoms with Gasteiger partial charge < -0.3 is 14.9 Å². The standard InChI is InChI=1S/C12H20N2O3/c1-8-5-10(3-4-13(8)2)14-7-9(12(16)17)6-11(14)15/h8-10H,3-7H2,1-2H3,(H,16,17). The van der Waals surface area contributed by atoms with E-state index >= 15 is 0 Å². The molecule has 3 atom stereocenters. The van der Waals surface area contributed by atoms with Crippen LogP contribution in [0, 0.1) is 5.92 Å². The van der Waals surface area contributed by atoms with Crippen molar-refractivity contribution in [2.24, 2.45) is 5.92 Å². The second kappa shape index (κ2) is 4.64. The zero-order valence-electron chi connectivity index (χ0n) is 10.4. The monoisotopic (exact) mass is 240 g/mol. The highest BCUT2D eigenvalue weighted by molar-refractivity contribution is 5.86. The van der Waals surface area contributed by atoms with E-state index in [1.54, 1.807) is 4.90 Å². The van der Waals surface area contributed by atoms with Gasteiger partial charge in [-0.1, -0.05) is 0 Å². The molecule has 2 fully saturated rings. The van der Waals surface area contributed by atoms with Gasteiger partial charge in [0.05, 0.1) is 5.92 Å². The van der Waals surface area contributed by atoms with Crippen LogP contribution in [0.1, 0.15) is 26.2 Å². The maximum Gasteiger partial charge on any atom is 0.308 e. The molecule has 2 heterocycles. The number of aliphatic carboxylic acids is 1. The van der Waals surface area contributed by atoms with Crippen LogP contribution < -0.4 is 0 Å². The van der Waals surface area contributed by atoms with Crippen molar-refractivity contribution in [2.45, 2.75) is 38.3 Å². The van der Waals surface area contributed by atoms with Gasteiger partial charge in [-0.2, -0.15) is 0 Å². The van der Waals surface area contributed by atoms with E-state index in [1.165, 1.54) is 0 Å². The molecule has 2 aliphatic heterocycles. The zero-order chi connectivity index (χ0) is 12.6. The Morgan fingerprint density at radius 1 is 1.47 bits per heavy atom. The van der Waals surface area contributed by atoms with Crippen LogP contribution in [-0.4, -0.2) is 59.0 Å². The van der Waals surface area contributed by atoms with Crippen LogP contribution in [0.3, 0.4) is 0 Å². The van der Waals surface area contributed by atoms with Gasteiger partial charge in [0.2, 0.25) is 5.91 Å². The molecule has 96 valence electrons. The van der Waals surface area contributed by atoms with Crippen molar-refractivity contribution in [1.29, 1.82) is 0 Å².